The number of nitrogens with one attached hydrogen (secondary N) is 1. The summed E-state index contributed by atoms with van der Waals surface area (Å²) in [4.78, 5) is 8.18. The van der Waals surface area contributed by atoms with E-state index in [1.54, 1.807) is 11.3 Å². The summed E-state index contributed by atoms with van der Waals surface area (Å²) in [5.41, 5.74) is 2.21. The summed E-state index contributed by atoms with van der Waals surface area (Å²) in [6.45, 7) is 4.03. The van der Waals surface area contributed by atoms with Gasteiger partial charge in [0, 0.05) is 17.8 Å². The average molecular weight is 268 g/mol. The van der Waals surface area contributed by atoms with Crippen LogP contribution in [0, 0.1) is 6.92 Å². The lowest BCUT2D eigenvalue weighted by Crippen LogP contribution is -2.18. The van der Waals surface area contributed by atoms with Crippen molar-refractivity contribution in [2.45, 2.75) is 26.3 Å². The van der Waals surface area contributed by atoms with E-state index in [9.17, 15) is 0 Å². The van der Waals surface area contributed by atoms with Gasteiger partial charge in [0.15, 0.2) is 0 Å². The monoisotopic (exact) mass is 267 g/mol. The summed E-state index contributed by atoms with van der Waals surface area (Å²) >= 11 is 7.53. The molecule has 0 aliphatic rings. The quantitative estimate of drug-likeness (QED) is 0.861. The Kier molecular flexibility index (Phi) is 3.97. The van der Waals surface area contributed by atoms with Crippen molar-refractivity contribution in [3.05, 3.63) is 39.4 Å². The maximum Gasteiger partial charge on any atom is 0.224 e. The molecule has 0 spiro atoms. The van der Waals surface area contributed by atoms with Gasteiger partial charge < -0.3 is 5.32 Å². The highest BCUT2D eigenvalue weighted by atomic mass is 35.5. The summed E-state index contributed by atoms with van der Waals surface area (Å²) in [6, 6.07) is 4.35. The van der Waals surface area contributed by atoms with E-state index in [2.05, 4.69) is 39.0 Å². The molecule has 0 aliphatic carbocycles. The molecular weight excluding hydrogens is 254 g/mol. The van der Waals surface area contributed by atoms with Crippen molar-refractivity contribution in [2.75, 3.05) is 5.32 Å². The van der Waals surface area contributed by atoms with Crippen molar-refractivity contribution in [2.24, 2.45) is 0 Å². The van der Waals surface area contributed by atoms with Crippen molar-refractivity contribution in [3.8, 4) is 0 Å². The fraction of sp³-hybridized carbons (Fsp3) is 0.333. The summed E-state index contributed by atoms with van der Waals surface area (Å²) < 4.78 is 0. The molecule has 0 aliphatic heterocycles. The Bertz CT molecular complexity index is 464. The van der Waals surface area contributed by atoms with Gasteiger partial charge in [0.25, 0.3) is 0 Å². The SMILES string of the molecule is Cc1cc(NC(C)Cc2ccsc2)nc(Cl)n1. The number of thiophene rings is 1. The van der Waals surface area contributed by atoms with Crippen LogP contribution in [-0.2, 0) is 6.42 Å². The maximum atomic E-state index is 5.82. The number of hydrogen-bond donors (Lipinski definition) is 1. The van der Waals surface area contributed by atoms with Crippen molar-refractivity contribution in [1.29, 1.82) is 0 Å². The summed E-state index contributed by atoms with van der Waals surface area (Å²) in [6.07, 6.45) is 0.976. The Morgan fingerprint density at radius 1 is 1.47 bits per heavy atom. The van der Waals surface area contributed by atoms with E-state index < -0.39 is 0 Å². The number of nitrogens with zero attached hydrogens (tertiary/aromatic N) is 2. The predicted molar refractivity (Wildman–Crippen MR) is 72.9 cm³/mol. The highest BCUT2D eigenvalue weighted by Crippen LogP contribution is 2.14. The molecule has 17 heavy (non-hydrogen) atoms. The van der Waals surface area contributed by atoms with Gasteiger partial charge in [0.1, 0.15) is 5.82 Å². The lowest BCUT2D eigenvalue weighted by atomic mass is 10.1. The molecule has 3 nitrogen and oxygen atoms in total. The van der Waals surface area contributed by atoms with E-state index in [1.165, 1.54) is 5.56 Å². The lowest BCUT2D eigenvalue weighted by molar-refractivity contribution is 0.785. The Balaban J connectivity index is 2.00. The molecule has 90 valence electrons. The lowest BCUT2D eigenvalue weighted by Gasteiger charge is -2.14. The highest BCUT2D eigenvalue weighted by Gasteiger charge is 2.06. The largest absolute Gasteiger partial charge is 0.367 e. The number of hydrogen-bond acceptors (Lipinski definition) is 4. The third kappa shape index (κ3) is 3.68. The van der Waals surface area contributed by atoms with Gasteiger partial charge in [0.05, 0.1) is 0 Å². The van der Waals surface area contributed by atoms with E-state index in [4.69, 9.17) is 11.6 Å². The van der Waals surface area contributed by atoms with Crippen LogP contribution in [0.5, 0.6) is 0 Å². The van der Waals surface area contributed by atoms with Crippen LogP contribution in [0.15, 0.2) is 22.9 Å². The molecule has 1 N–H and O–H groups in total. The Labute approximate surface area is 110 Å². The van der Waals surface area contributed by atoms with E-state index in [1.807, 2.05) is 13.0 Å². The molecule has 5 heteroatoms. The molecule has 1 unspecified atom stereocenters. The molecule has 1 atom stereocenters. The van der Waals surface area contributed by atoms with Crippen LogP contribution in [-0.4, -0.2) is 16.0 Å². The molecule has 0 radical (unpaired) electrons. The van der Waals surface area contributed by atoms with Crippen molar-refractivity contribution in [1.82, 2.24) is 9.97 Å². The fourth-order valence-corrected chi connectivity index (χ4v) is 2.58. The van der Waals surface area contributed by atoms with Gasteiger partial charge in [-0.25, -0.2) is 9.97 Å². The molecule has 2 aromatic heterocycles. The van der Waals surface area contributed by atoms with Gasteiger partial charge >= 0.3 is 0 Å². The van der Waals surface area contributed by atoms with Gasteiger partial charge in [-0.15, -0.1) is 0 Å². The molecule has 2 heterocycles. The van der Waals surface area contributed by atoms with Gasteiger partial charge in [-0.3, -0.25) is 0 Å². The van der Waals surface area contributed by atoms with E-state index in [0.717, 1.165) is 17.9 Å². The van der Waals surface area contributed by atoms with E-state index in [0.29, 0.717) is 6.04 Å². The van der Waals surface area contributed by atoms with Gasteiger partial charge in [-0.2, -0.15) is 11.3 Å². The molecule has 0 aromatic carbocycles. The summed E-state index contributed by atoms with van der Waals surface area (Å²) in [7, 11) is 0. The topological polar surface area (TPSA) is 37.8 Å². The zero-order chi connectivity index (χ0) is 12.3. The Morgan fingerprint density at radius 2 is 2.29 bits per heavy atom. The normalized spacial score (nSPS) is 12.4. The second kappa shape index (κ2) is 5.47. The molecule has 0 fully saturated rings. The first kappa shape index (κ1) is 12.3. The zero-order valence-corrected chi connectivity index (χ0v) is 11.3. The third-order valence-corrected chi connectivity index (χ3v) is 3.24. The van der Waals surface area contributed by atoms with Crippen molar-refractivity contribution >= 4 is 28.8 Å². The van der Waals surface area contributed by atoms with Crippen LogP contribution < -0.4 is 5.32 Å². The van der Waals surface area contributed by atoms with Crippen LogP contribution in [0.1, 0.15) is 18.2 Å². The molecule has 2 aromatic rings. The number of aromatic nitrogens is 2. The first-order chi connectivity index (χ1) is 8.13. The minimum absolute atomic E-state index is 0.287. The van der Waals surface area contributed by atoms with E-state index >= 15 is 0 Å². The second-order valence-electron chi connectivity index (χ2n) is 4.04. The Morgan fingerprint density at radius 3 is 2.94 bits per heavy atom. The van der Waals surface area contributed by atoms with Crippen LogP contribution in [0.2, 0.25) is 5.28 Å². The fourth-order valence-electron chi connectivity index (χ4n) is 1.67. The minimum atomic E-state index is 0.287. The van der Waals surface area contributed by atoms with Gasteiger partial charge in [-0.05, 0) is 54.3 Å². The smallest absolute Gasteiger partial charge is 0.224 e. The van der Waals surface area contributed by atoms with Crippen LogP contribution in [0.4, 0.5) is 5.82 Å². The van der Waals surface area contributed by atoms with Crippen molar-refractivity contribution < 1.29 is 0 Å². The molecule has 0 saturated carbocycles. The predicted octanol–water partition coefficient (Wildman–Crippen LogP) is 3.54. The molecular formula is C12H14ClN3S. The highest BCUT2D eigenvalue weighted by molar-refractivity contribution is 7.07. The molecule has 0 amide bonds. The summed E-state index contributed by atoms with van der Waals surface area (Å²) in [5.74, 6) is 0.783. The second-order valence-corrected chi connectivity index (χ2v) is 5.16. The summed E-state index contributed by atoms with van der Waals surface area (Å²) in [5, 5.41) is 7.87. The zero-order valence-electron chi connectivity index (χ0n) is 9.77. The van der Waals surface area contributed by atoms with Crippen LogP contribution in [0.25, 0.3) is 0 Å². The van der Waals surface area contributed by atoms with Gasteiger partial charge in [0.2, 0.25) is 5.28 Å². The van der Waals surface area contributed by atoms with Gasteiger partial charge in [-0.1, -0.05) is 0 Å². The van der Waals surface area contributed by atoms with Crippen LogP contribution in [0.3, 0.4) is 0 Å². The number of rotatable bonds is 4. The number of anilines is 1. The molecule has 0 saturated heterocycles. The van der Waals surface area contributed by atoms with Crippen molar-refractivity contribution in [3.63, 3.8) is 0 Å². The minimum Gasteiger partial charge on any atom is -0.367 e. The maximum absolute atomic E-state index is 5.82. The third-order valence-electron chi connectivity index (χ3n) is 2.34. The van der Waals surface area contributed by atoms with E-state index in [-0.39, 0.29) is 5.28 Å². The first-order valence-electron chi connectivity index (χ1n) is 5.42. The van der Waals surface area contributed by atoms with Crippen LogP contribution >= 0.6 is 22.9 Å². The number of aryl methyl sites for hydroxylation is 1. The first-order valence-corrected chi connectivity index (χ1v) is 6.74. The standard InChI is InChI=1S/C12H14ClN3S/c1-8(5-10-3-4-17-7-10)14-11-6-9(2)15-12(13)16-11/h3-4,6-8H,5H2,1-2H3,(H,14,15,16). The molecule has 2 rings (SSSR count). The molecule has 0 bridgehead atoms. The average Bonchev–Trinajstić information content (AvgIpc) is 2.67. The number of halogens is 1. The Hall–Kier alpha value is -1.13.